The second kappa shape index (κ2) is 3.99. The maximum Gasteiger partial charge on any atom is 0.298 e. The lowest BCUT2D eigenvalue weighted by Gasteiger charge is -2.11. The van der Waals surface area contributed by atoms with Crippen LogP contribution in [0.5, 0.6) is 0 Å². The van der Waals surface area contributed by atoms with Crippen LogP contribution >= 0.6 is 34.8 Å². The third-order valence-corrected chi connectivity index (χ3v) is 4.28. The lowest BCUT2D eigenvalue weighted by Crippen LogP contribution is -2.06. The molecule has 0 heterocycles. The van der Waals surface area contributed by atoms with E-state index in [0.29, 0.717) is 5.56 Å². The Morgan fingerprint density at radius 3 is 2.00 bits per heavy atom. The molecule has 0 unspecified atom stereocenters. The molecule has 0 aliphatic heterocycles. The van der Waals surface area contributed by atoms with E-state index >= 15 is 0 Å². The summed E-state index contributed by atoms with van der Waals surface area (Å²) in [4.78, 5) is -0.662. The van der Waals surface area contributed by atoms with Crippen LogP contribution in [0.1, 0.15) is 5.56 Å². The molecule has 0 atom stereocenters. The van der Waals surface area contributed by atoms with E-state index in [0.717, 1.165) is 0 Å². The molecule has 0 aromatic heterocycles. The summed E-state index contributed by atoms with van der Waals surface area (Å²) in [6.07, 6.45) is 0. The Kier molecular flexibility index (Phi) is 3.42. The molecule has 1 aromatic rings. The standard InChI is InChI=1S/C7H6Cl3NO3S/c1-2-3(8)5(10)7(15(12,13)14)6(11)4(2)9/h11H2,1H3,(H,12,13,14). The molecule has 0 amide bonds. The lowest BCUT2D eigenvalue weighted by molar-refractivity contribution is 0.483. The van der Waals surface area contributed by atoms with Crippen molar-refractivity contribution in [3.63, 3.8) is 0 Å². The zero-order valence-corrected chi connectivity index (χ0v) is 10.5. The molecule has 0 aliphatic carbocycles. The van der Waals surface area contributed by atoms with Crippen molar-refractivity contribution in [3.05, 3.63) is 20.6 Å². The van der Waals surface area contributed by atoms with Gasteiger partial charge < -0.3 is 5.73 Å². The molecule has 15 heavy (non-hydrogen) atoms. The van der Waals surface area contributed by atoms with Crippen molar-refractivity contribution in [2.75, 3.05) is 5.73 Å². The van der Waals surface area contributed by atoms with Crippen molar-refractivity contribution < 1.29 is 13.0 Å². The van der Waals surface area contributed by atoms with E-state index in [1.807, 2.05) is 0 Å². The third kappa shape index (κ3) is 2.16. The minimum absolute atomic E-state index is 0.0444. The third-order valence-electron chi connectivity index (χ3n) is 1.79. The SMILES string of the molecule is Cc1c(Cl)c(N)c(S(=O)(=O)O)c(Cl)c1Cl. The van der Waals surface area contributed by atoms with Crippen molar-refractivity contribution in [1.29, 1.82) is 0 Å². The van der Waals surface area contributed by atoms with Crippen molar-refractivity contribution in [3.8, 4) is 0 Å². The summed E-state index contributed by atoms with van der Waals surface area (Å²) < 4.78 is 30.8. The molecule has 0 aliphatic rings. The molecule has 0 spiro atoms. The minimum Gasteiger partial charge on any atom is -0.396 e. The Morgan fingerprint density at radius 2 is 1.60 bits per heavy atom. The smallest absolute Gasteiger partial charge is 0.298 e. The van der Waals surface area contributed by atoms with Crippen LogP contribution in [0.3, 0.4) is 0 Å². The average Bonchev–Trinajstić information content (AvgIpc) is 2.09. The molecule has 3 N–H and O–H groups in total. The summed E-state index contributed by atoms with van der Waals surface area (Å²) in [7, 11) is -4.55. The Bertz CT molecular complexity index is 498. The topological polar surface area (TPSA) is 80.4 Å². The number of anilines is 1. The van der Waals surface area contributed by atoms with Crippen molar-refractivity contribution in [2.45, 2.75) is 11.8 Å². The Hall–Kier alpha value is -0.200. The summed E-state index contributed by atoms with van der Waals surface area (Å²) in [5, 5.41) is -0.431. The fourth-order valence-electron chi connectivity index (χ4n) is 1.03. The lowest BCUT2D eigenvalue weighted by atomic mass is 10.2. The number of nitrogen functional groups attached to an aromatic ring is 1. The van der Waals surface area contributed by atoms with Gasteiger partial charge in [0, 0.05) is 0 Å². The van der Waals surface area contributed by atoms with Crippen LogP contribution < -0.4 is 5.73 Å². The van der Waals surface area contributed by atoms with Gasteiger partial charge in [0.15, 0.2) is 0 Å². The van der Waals surface area contributed by atoms with Gasteiger partial charge in [0.25, 0.3) is 10.1 Å². The van der Waals surface area contributed by atoms with Crippen LogP contribution in [-0.2, 0) is 10.1 Å². The van der Waals surface area contributed by atoms with Crippen molar-refractivity contribution in [2.24, 2.45) is 0 Å². The fourth-order valence-corrected chi connectivity index (χ4v) is 2.82. The van der Waals surface area contributed by atoms with Gasteiger partial charge in [-0.05, 0) is 12.5 Å². The summed E-state index contributed by atoms with van der Waals surface area (Å²) in [5.74, 6) is 0. The van der Waals surface area contributed by atoms with Gasteiger partial charge in [-0.15, -0.1) is 0 Å². The molecular weight excluding hydrogens is 285 g/mol. The van der Waals surface area contributed by atoms with E-state index in [2.05, 4.69) is 0 Å². The van der Waals surface area contributed by atoms with Gasteiger partial charge in [-0.1, -0.05) is 34.8 Å². The van der Waals surface area contributed by atoms with Gasteiger partial charge >= 0.3 is 0 Å². The van der Waals surface area contributed by atoms with Crippen LogP contribution in [0.25, 0.3) is 0 Å². The van der Waals surface area contributed by atoms with E-state index in [1.54, 1.807) is 0 Å². The quantitative estimate of drug-likeness (QED) is 0.473. The van der Waals surface area contributed by atoms with Crippen LogP contribution in [0.4, 0.5) is 5.69 Å². The Morgan fingerprint density at radius 1 is 1.13 bits per heavy atom. The maximum atomic E-state index is 11.0. The largest absolute Gasteiger partial charge is 0.396 e. The predicted molar refractivity (Wildman–Crippen MR) is 60.4 cm³/mol. The van der Waals surface area contributed by atoms with Gasteiger partial charge in [0.1, 0.15) is 4.90 Å². The van der Waals surface area contributed by atoms with Gasteiger partial charge in [0.05, 0.1) is 20.8 Å². The van der Waals surface area contributed by atoms with Crippen molar-refractivity contribution >= 4 is 50.6 Å². The van der Waals surface area contributed by atoms with Gasteiger partial charge in [-0.2, -0.15) is 8.42 Å². The summed E-state index contributed by atoms with van der Waals surface area (Å²) in [6.45, 7) is 1.53. The predicted octanol–water partition coefficient (Wildman–Crippen LogP) is 2.78. The summed E-state index contributed by atoms with van der Waals surface area (Å²) in [5.41, 5.74) is 5.47. The van der Waals surface area contributed by atoms with Crippen LogP contribution in [0.15, 0.2) is 4.90 Å². The number of halogens is 3. The normalized spacial score (nSPS) is 11.8. The maximum absolute atomic E-state index is 11.0. The zero-order chi connectivity index (χ0) is 12.0. The Balaban J connectivity index is 3.84. The van der Waals surface area contributed by atoms with Gasteiger partial charge in [-0.25, -0.2) is 0 Å². The second-order valence-electron chi connectivity index (χ2n) is 2.78. The van der Waals surface area contributed by atoms with E-state index in [-0.39, 0.29) is 20.8 Å². The number of hydrogen-bond acceptors (Lipinski definition) is 3. The number of nitrogens with two attached hydrogens (primary N) is 1. The highest BCUT2D eigenvalue weighted by Gasteiger charge is 2.25. The second-order valence-corrected chi connectivity index (χ2v) is 5.28. The first-order valence-corrected chi connectivity index (χ1v) is 6.15. The molecule has 8 heteroatoms. The van der Waals surface area contributed by atoms with Gasteiger partial charge in [-0.3, -0.25) is 4.55 Å². The summed E-state index contributed by atoms with van der Waals surface area (Å²) >= 11 is 17.1. The van der Waals surface area contributed by atoms with E-state index in [1.165, 1.54) is 6.92 Å². The molecule has 0 saturated heterocycles. The fraction of sp³-hybridized carbons (Fsp3) is 0.143. The molecular formula is C7H6Cl3NO3S. The highest BCUT2D eigenvalue weighted by atomic mass is 35.5. The van der Waals surface area contributed by atoms with E-state index in [4.69, 9.17) is 45.1 Å². The number of rotatable bonds is 1. The minimum atomic E-state index is -4.55. The molecule has 0 saturated carbocycles. The average molecular weight is 291 g/mol. The van der Waals surface area contributed by atoms with Crippen LogP contribution in [0, 0.1) is 6.92 Å². The zero-order valence-electron chi connectivity index (χ0n) is 7.38. The van der Waals surface area contributed by atoms with Crippen molar-refractivity contribution in [1.82, 2.24) is 0 Å². The molecule has 1 rings (SSSR count). The molecule has 4 nitrogen and oxygen atoms in total. The number of benzene rings is 1. The van der Waals surface area contributed by atoms with E-state index in [9.17, 15) is 8.42 Å². The highest BCUT2D eigenvalue weighted by molar-refractivity contribution is 7.86. The number of hydrogen-bond donors (Lipinski definition) is 2. The monoisotopic (exact) mass is 289 g/mol. The highest BCUT2D eigenvalue weighted by Crippen LogP contribution is 2.41. The molecule has 0 fully saturated rings. The first kappa shape index (κ1) is 12.9. The first-order valence-electron chi connectivity index (χ1n) is 3.58. The molecule has 0 bridgehead atoms. The van der Waals surface area contributed by atoms with Crippen LogP contribution in [-0.4, -0.2) is 13.0 Å². The van der Waals surface area contributed by atoms with Crippen LogP contribution in [0.2, 0.25) is 15.1 Å². The Labute approximate surface area is 102 Å². The molecule has 1 aromatic carbocycles. The summed E-state index contributed by atoms with van der Waals surface area (Å²) in [6, 6.07) is 0. The molecule has 84 valence electrons. The van der Waals surface area contributed by atoms with E-state index < -0.39 is 15.0 Å². The molecule has 0 radical (unpaired) electrons. The first-order chi connectivity index (χ1) is 6.68. The van der Waals surface area contributed by atoms with Gasteiger partial charge in [0.2, 0.25) is 0 Å².